The van der Waals surface area contributed by atoms with Crippen molar-refractivity contribution in [3.05, 3.63) is 47.5 Å². The predicted molar refractivity (Wildman–Crippen MR) is 102 cm³/mol. The third-order valence-corrected chi connectivity index (χ3v) is 4.73. The minimum absolute atomic E-state index is 0.0611. The summed E-state index contributed by atoms with van der Waals surface area (Å²) in [5, 5.41) is 48.6. The number of rotatable bonds is 7. The largest absolute Gasteiger partial charge is 0.508 e. The van der Waals surface area contributed by atoms with Crippen LogP contribution in [0.15, 0.2) is 36.4 Å². The summed E-state index contributed by atoms with van der Waals surface area (Å²) in [7, 11) is 0. The van der Waals surface area contributed by atoms with Crippen LogP contribution in [0.3, 0.4) is 0 Å². The number of aromatic hydroxyl groups is 3. The molecule has 8 heteroatoms. The van der Waals surface area contributed by atoms with Crippen molar-refractivity contribution >= 4 is 5.78 Å². The molecule has 8 nitrogen and oxygen atoms in total. The van der Waals surface area contributed by atoms with Crippen molar-refractivity contribution in [3.63, 3.8) is 0 Å². The Hall–Kier alpha value is -2.81. The van der Waals surface area contributed by atoms with E-state index < -0.39 is 30.0 Å². The standard InChI is InChI=1S/C21H24O8/c22-11-16-7-14(24)10-20(28-16)29-19-9-15(25)8-18(27)21(19)17(26)6-3-12-1-4-13(23)5-2-12/h1-2,4-5,8-9,14,16,20,22-25,27H,3,6-7,10-11H2. The van der Waals surface area contributed by atoms with Gasteiger partial charge in [0, 0.05) is 31.4 Å². The zero-order chi connectivity index (χ0) is 21.0. The molecular weight excluding hydrogens is 380 g/mol. The van der Waals surface area contributed by atoms with E-state index in [1.165, 1.54) is 18.2 Å². The lowest BCUT2D eigenvalue weighted by Crippen LogP contribution is -2.40. The SMILES string of the molecule is O=C(CCc1ccc(O)cc1)c1c(O)cc(O)cc1OC1CC(O)CC(CO)O1. The van der Waals surface area contributed by atoms with Gasteiger partial charge in [-0.05, 0) is 24.1 Å². The molecule has 0 bridgehead atoms. The number of ether oxygens (including phenoxy) is 2. The normalized spacial score (nSPS) is 21.7. The molecule has 3 unspecified atom stereocenters. The van der Waals surface area contributed by atoms with Gasteiger partial charge in [-0.1, -0.05) is 12.1 Å². The maximum atomic E-state index is 12.8. The van der Waals surface area contributed by atoms with Crippen LogP contribution in [0.25, 0.3) is 0 Å². The first-order valence-corrected chi connectivity index (χ1v) is 9.34. The zero-order valence-corrected chi connectivity index (χ0v) is 15.7. The smallest absolute Gasteiger partial charge is 0.202 e. The van der Waals surface area contributed by atoms with Crippen LogP contribution in [0.5, 0.6) is 23.0 Å². The van der Waals surface area contributed by atoms with Gasteiger partial charge >= 0.3 is 0 Å². The fraction of sp³-hybridized carbons (Fsp3) is 0.381. The van der Waals surface area contributed by atoms with Crippen LogP contribution in [0.1, 0.15) is 35.2 Å². The van der Waals surface area contributed by atoms with E-state index in [0.29, 0.717) is 6.42 Å². The Labute approximate surface area is 167 Å². The van der Waals surface area contributed by atoms with Crippen LogP contribution in [0.4, 0.5) is 0 Å². The molecule has 2 aromatic carbocycles. The van der Waals surface area contributed by atoms with Gasteiger partial charge < -0.3 is 35.0 Å². The molecule has 0 aliphatic carbocycles. The van der Waals surface area contributed by atoms with Gasteiger partial charge in [-0.25, -0.2) is 0 Å². The molecule has 1 heterocycles. The molecule has 1 fully saturated rings. The van der Waals surface area contributed by atoms with Crippen molar-refractivity contribution < 1.29 is 39.8 Å². The van der Waals surface area contributed by atoms with E-state index in [1.807, 2.05) is 0 Å². The monoisotopic (exact) mass is 404 g/mol. The number of Topliss-reactive ketones (excluding diaryl/α,β-unsaturated/α-hetero) is 1. The van der Waals surface area contributed by atoms with Crippen LogP contribution in [0, 0.1) is 0 Å². The molecule has 0 aromatic heterocycles. The topological polar surface area (TPSA) is 137 Å². The second-order valence-electron chi connectivity index (χ2n) is 7.04. The summed E-state index contributed by atoms with van der Waals surface area (Å²) >= 11 is 0. The molecule has 29 heavy (non-hydrogen) atoms. The van der Waals surface area contributed by atoms with Crippen molar-refractivity contribution in [3.8, 4) is 23.0 Å². The van der Waals surface area contributed by atoms with E-state index in [1.54, 1.807) is 12.1 Å². The first-order valence-electron chi connectivity index (χ1n) is 9.34. The van der Waals surface area contributed by atoms with Gasteiger partial charge in [0.2, 0.25) is 6.29 Å². The number of carbonyl (C=O) groups is 1. The van der Waals surface area contributed by atoms with Crippen LogP contribution in [-0.2, 0) is 11.2 Å². The Bertz CT molecular complexity index is 849. The number of phenolic OH excluding ortho intramolecular Hbond substituents is 3. The fourth-order valence-corrected chi connectivity index (χ4v) is 3.29. The quantitative estimate of drug-likeness (QED) is 0.441. The van der Waals surface area contributed by atoms with E-state index in [-0.39, 0.29) is 48.7 Å². The minimum Gasteiger partial charge on any atom is -0.508 e. The van der Waals surface area contributed by atoms with Crippen molar-refractivity contribution in [1.82, 2.24) is 0 Å². The average molecular weight is 404 g/mol. The van der Waals surface area contributed by atoms with E-state index in [2.05, 4.69) is 0 Å². The highest BCUT2D eigenvalue weighted by Gasteiger charge is 2.31. The molecular formula is C21H24O8. The highest BCUT2D eigenvalue weighted by Crippen LogP contribution is 2.36. The number of hydrogen-bond acceptors (Lipinski definition) is 8. The molecule has 3 atom stereocenters. The Morgan fingerprint density at radius 2 is 1.79 bits per heavy atom. The first kappa shape index (κ1) is 20.9. The summed E-state index contributed by atoms with van der Waals surface area (Å²) in [6, 6.07) is 8.69. The van der Waals surface area contributed by atoms with Crippen molar-refractivity contribution in [2.75, 3.05) is 6.61 Å². The number of phenols is 3. The van der Waals surface area contributed by atoms with Gasteiger partial charge in [-0.3, -0.25) is 4.79 Å². The number of aryl methyl sites for hydroxylation is 1. The van der Waals surface area contributed by atoms with Crippen LogP contribution in [-0.4, -0.2) is 56.4 Å². The number of benzene rings is 2. The average Bonchev–Trinajstić information content (AvgIpc) is 2.66. The number of carbonyl (C=O) groups excluding carboxylic acids is 1. The lowest BCUT2D eigenvalue weighted by atomic mass is 10.0. The third-order valence-electron chi connectivity index (χ3n) is 4.73. The Morgan fingerprint density at radius 3 is 2.48 bits per heavy atom. The van der Waals surface area contributed by atoms with Gasteiger partial charge in [0.25, 0.3) is 0 Å². The molecule has 156 valence electrons. The number of aliphatic hydroxyl groups excluding tert-OH is 2. The van der Waals surface area contributed by atoms with E-state index in [4.69, 9.17) is 9.47 Å². The van der Waals surface area contributed by atoms with Crippen LogP contribution < -0.4 is 4.74 Å². The molecule has 2 aromatic rings. The predicted octanol–water partition coefficient (Wildman–Crippen LogP) is 1.86. The summed E-state index contributed by atoms with van der Waals surface area (Å²) in [5.41, 5.74) is 0.743. The molecule has 1 saturated heterocycles. The van der Waals surface area contributed by atoms with E-state index >= 15 is 0 Å². The second-order valence-corrected chi connectivity index (χ2v) is 7.04. The lowest BCUT2D eigenvalue weighted by Gasteiger charge is -2.32. The molecule has 0 saturated carbocycles. The molecule has 3 rings (SSSR count). The van der Waals surface area contributed by atoms with Crippen molar-refractivity contribution in [2.45, 2.75) is 44.2 Å². The highest BCUT2D eigenvalue weighted by molar-refractivity contribution is 6.01. The van der Waals surface area contributed by atoms with Gasteiger partial charge in [-0.2, -0.15) is 0 Å². The Morgan fingerprint density at radius 1 is 1.07 bits per heavy atom. The Kier molecular flexibility index (Phi) is 6.58. The zero-order valence-electron chi connectivity index (χ0n) is 15.7. The second kappa shape index (κ2) is 9.13. The third kappa shape index (κ3) is 5.38. The van der Waals surface area contributed by atoms with Crippen molar-refractivity contribution in [2.24, 2.45) is 0 Å². The Balaban J connectivity index is 1.77. The van der Waals surface area contributed by atoms with Crippen LogP contribution in [0.2, 0.25) is 0 Å². The molecule has 1 aliphatic heterocycles. The number of hydrogen-bond donors (Lipinski definition) is 5. The van der Waals surface area contributed by atoms with Gasteiger partial charge in [-0.15, -0.1) is 0 Å². The summed E-state index contributed by atoms with van der Waals surface area (Å²) in [6.07, 6.45) is -1.47. The lowest BCUT2D eigenvalue weighted by molar-refractivity contribution is -0.184. The van der Waals surface area contributed by atoms with Gasteiger partial charge in [0.1, 0.15) is 28.6 Å². The van der Waals surface area contributed by atoms with Gasteiger partial charge in [0.15, 0.2) is 5.78 Å². The molecule has 5 N–H and O–H groups in total. The summed E-state index contributed by atoms with van der Waals surface area (Å²) in [5.74, 6) is -1.05. The summed E-state index contributed by atoms with van der Waals surface area (Å²) < 4.78 is 11.2. The van der Waals surface area contributed by atoms with Crippen LogP contribution >= 0.6 is 0 Å². The summed E-state index contributed by atoms with van der Waals surface area (Å²) in [6.45, 7) is -0.291. The number of ketones is 1. The maximum absolute atomic E-state index is 12.8. The van der Waals surface area contributed by atoms with Crippen molar-refractivity contribution in [1.29, 1.82) is 0 Å². The van der Waals surface area contributed by atoms with Gasteiger partial charge in [0.05, 0.1) is 18.8 Å². The van der Waals surface area contributed by atoms with E-state index in [0.717, 1.165) is 11.6 Å². The molecule has 0 spiro atoms. The summed E-state index contributed by atoms with van der Waals surface area (Å²) in [4.78, 5) is 12.8. The first-order chi connectivity index (χ1) is 13.9. The molecule has 0 radical (unpaired) electrons. The fourth-order valence-electron chi connectivity index (χ4n) is 3.29. The maximum Gasteiger partial charge on any atom is 0.202 e. The molecule has 1 aliphatic rings. The van der Waals surface area contributed by atoms with E-state index in [9.17, 15) is 30.3 Å². The molecule has 0 amide bonds. The highest BCUT2D eigenvalue weighted by atomic mass is 16.7. The number of aliphatic hydroxyl groups is 2. The minimum atomic E-state index is -0.944.